The molecule has 1 atom stereocenters. The van der Waals surface area contributed by atoms with Gasteiger partial charge in [-0.05, 0) is 17.2 Å². The Morgan fingerprint density at radius 3 is 2.11 bits per heavy atom. The molecule has 0 aliphatic carbocycles. The summed E-state index contributed by atoms with van der Waals surface area (Å²) in [6.07, 6.45) is 0. The molecule has 35 heavy (non-hydrogen) atoms. The van der Waals surface area contributed by atoms with Gasteiger partial charge in [-0.2, -0.15) is 0 Å². The Bertz CT molecular complexity index is 1250. The minimum Gasteiger partial charge on any atom is -0.483 e. The second kappa shape index (κ2) is 11.2. The van der Waals surface area contributed by atoms with E-state index in [4.69, 9.17) is 4.74 Å². The van der Waals surface area contributed by atoms with Gasteiger partial charge in [0.1, 0.15) is 11.8 Å². The van der Waals surface area contributed by atoms with Crippen LogP contribution in [0.25, 0.3) is 11.1 Å². The maximum atomic E-state index is 13.1. The molecular formula is C26H27N3O5S. The molecule has 0 aromatic heterocycles. The number of hydrogen-bond donors (Lipinski definition) is 2. The van der Waals surface area contributed by atoms with Crippen molar-refractivity contribution in [2.75, 3.05) is 31.2 Å². The highest BCUT2D eigenvalue weighted by molar-refractivity contribution is 7.91. The van der Waals surface area contributed by atoms with Gasteiger partial charge in [0.05, 0.1) is 11.5 Å². The predicted octanol–water partition coefficient (Wildman–Crippen LogP) is 2.35. The van der Waals surface area contributed by atoms with Gasteiger partial charge >= 0.3 is 0 Å². The van der Waals surface area contributed by atoms with Gasteiger partial charge < -0.3 is 4.74 Å². The predicted molar refractivity (Wildman–Crippen MR) is 133 cm³/mol. The van der Waals surface area contributed by atoms with Crippen molar-refractivity contribution < 1.29 is 22.7 Å². The molecule has 2 amide bonds. The molecule has 1 aliphatic rings. The lowest BCUT2D eigenvalue weighted by Gasteiger charge is -2.33. The number of sulfone groups is 1. The second-order valence-electron chi connectivity index (χ2n) is 8.19. The van der Waals surface area contributed by atoms with E-state index >= 15 is 0 Å². The topological polar surface area (TPSA) is 105 Å². The lowest BCUT2D eigenvalue weighted by Crippen LogP contribution is -2.52. The standard InChI is InChI=1S/C26H27N3O5S/c30-24(19-34-23-14-8-7-13-22(23)20-9-3-1-4-10-20)27-28-26(31)25(21-11-5-2-6-12-21)29-15-17-35(32,33)18-16-29/h1-14,25H,15-19H2,(H,27,30)(H,28,31). The van der Waals surface area contributed by atoms with Crippen LogP contribution in [0, 0.1) is 0 Å². The molecule has 8 nitrogen and oxygen atoms in total. The fraction of sp³-hybridized carbons (Fsp3) is 0.231. The van der Waals surface area contributed by atoms with E-state index in [0.717, 1.165) is 11.1 Å². The average Bonchev–Trinajstić information content (AvgIpc) is 2.88. The van der Waals surface area contributed by atoms with Crippen LogP contribution in [0.4, 0.5) is 0 Å². The van der Waals surface area contributed by atoms with E-state index < -0.39 is 27.7 Å². The van der Waals surface area contributed by atoms with Crippen molar-refractivity contribution in [3.63, 3.8) is 0 Å². The number of amides is 2. The quantitative estimate of drug-likeness (QED) is 0.490. The number of para-hydroxylation sites is 1. The van der Waals surface area contributed by atoms with E-state index in [1.807, 2.05) is 71.6 Å². The maximum Gasteiger partial charge on any atom is 0.276 e. The van der Waals surface area contributed by atoms with Gasteiger partial charge in [-0.15, -0.1) is 0 Å². The van der Waals surface area contributed by atoms with Crippen molar-refractivity contribution in [3.05, 3.63) is 90.5 Å². The fourth-order valence-corrected chi connectivity index (χ4v) is 5.21. The molecule has 3 aromatic rings. The Kier molecular flexibility index (Phi) is 7.79. The largest absolute Gasteiger partial charge is 0.483 e. The minimum atomic E-state index is -3.10. The number of hydrogen-bond acceptors (Lipinski definition) is 6. The Morgan fingerprint density at radius 1 is 0.829 bits per heavy atom. The zero-order chi connectivity index (χ0) is 24.7. The third-order valence-electron chi connectivity index (χ3n) is 5.76. The van der Waals surface area contributed by atoms with Crippen molar-refractivity contribution >= 4 is 21.7 Å². The van der Waals surface area contributed by atoms with Crippen LogP contribution in [-0.2, 0) is 19.4 Å². The van der Waals surface area contributed by atoms with Gasteiger partial charge in [0, 0.05) is 18.7 Å². The summed E-state index contributed by atoms with van der Waals surface area (Å²) in [5, 5.41) is 0. The number of hydrazine groups is 1. The fourth-order valence-electron chi connectivity index (χ4n) is 3.98. The molecular weight excluding hydrogens is 466 g/mol. The first-order chi connectivity index (χ1) is 16.9. The van der Waals surface area contributed by atoms with Crippen LogP contribution >= 0.6 is 0 Å². The maximum absolute atomic E-state index is 13.1. The Hall–Kier alpha value is -3.69. The zero-order valence-corrected chi connectivity index (χ0v) is 19.9. The highest BCUT2D eigenvalue weighted by atomic mass is 32.2. The number of rotatable bonds is 7. The van der Waals surface area contributed by atoms with Crippen LogP contribution in [0.1, 0.15) is 11.6 Å². The number of nitrogens with zero attached hydrogens (tertiary/aromatic N) is 1. The van der Waals surface area contributed by atoms with Crippen molar-refractivity contribution in [2.45, 2.75) is 6.04 Å². The minimum absolute atomic E-state index is 0.00929. The van der Waals surface area contributed by atoms with Crippen LogP contribution in [0.2, 0.25) is 0 Å². The van der Waals surface area contributed by atoms with Crippen LogP contribution in [-0.4, -0.2) is 56.3 Å². The normalized spacial score (nSPS) is 16.1. The van der Waals surface area contributed by atoms with Gasteiger partial charge in [0.2, 0.25) is 0 Å². The molecule has 9 heteroatoms. The van der Waals surface area contributed by atoms with Gasteiger partial charge in [-0.1, -0.05) is 78.9 Å². The van der Waals surface area contributed by atoms with Crippen LogP contribution in [0.3, 0.4) is 0 Å². The van der Waals surface area contributed by atoms with Crippen molar-refractivity contribution in [2.24, 2.45) is 0 Å². The van der Waals surface area contributed by atoms with Crippen molar-refractivity contribution in [1.29, 1.82) is 0 Å². The van der Waals surface area contributed by atoms with E-state index in [1.165, 1.54) is 0 Å². The number of benzene rings is 3. The number of carbonyl (C=O) groups is 2. The molecule has 1 unspecified atom stereocenters. The second-order valence-corrected chi connectivity index (χ2v) is 10.5. The van der Waals surface area contributed by atoms with E-state index in [0.29, 0.717) is 11.3 Å². The first-order valence-corrected chi connectivity index (χ1v) is 13.1. The number of carbonyl (C=O) groups excluding carboxylic acids is 2. The molecule has 1 aliphatic heterocycles. The molecule has 0 saturated carbocycles. The van der Waals surface area contributed by atoms with E-state index in [2.05, 4.69) is 10.9 Å². The van der Waals surface area contributed by atoms with Gasteiger partial charge in [-0.25, -0.2) is 8.42 Å². The lowest BCUT2D eigenvalue weighted by atomic mass is 10.0. The monoisotopic (exact) mass is 493 g/mol. The van der Waals surface area contributed by atoms with E-state index in [1.54, 1.807) is 18.2 Å². The van der Waals surface area contributed by atoms with E-state index in [9.17, 15) is 18.0 Å². The third-order valence-corrected chi connectivity index (χ3v) is 7.37. The van der Waals surface area contributed by atoms with Crippen molar-refractivity contribution in [1.82, 2.24) is 15.8 Å². The summed E-state index contributed by atoms with van der Waals surface area (Å²) in [6.45, 7) is 0.188. The summed E-state index contributed by atoms with van der Waals surface area (Å²) in [5.74, 6) is -0.436. The third kappa shape index (κ3) is 6.46. The zero-order valence-electron chi connectivity index (χ0n) is 19.1. The molecule has 0 radical (unpaired) electrons. The van der Waals surface area contributed by atoms with Crippen LogP contribution in [0.5, 0.6) is 5.75 Å². The molecule has 182 valence electrons. The summed E-state index contributed by atoms with van der Waals surface area (Å²) < 4.78 is 29.4. The average molecular weight is 494 g/mol. The Morgan fingerprint density at radius 2 is 1.43 bits per heavy atom. The molecule has 2 N–H and O–H groups in total. The molecule has 1 heterocycles. The summed E-state index contributed by atoms with van der Waals surface area (Å²) >= 11 is 0. The Labute approximate surface area is 204 Å². The summed E-state index contributed by atoms with van der Waals surface area (Å²) in [4.78, 5) is 27.3. The first-order valence-electron chi connectivity index (χ1n) is 11.3. The van der Waals surface area contributed by atoms with Gasteiger partial charge in [-0.3, -0.25) is 25.3 Å². The van der Waals surface area contributed by atoms with Crippen LogP contribution < -0.4 is 15.6 Å². The molecule has 1 fully saturated rings. The Balaban J connectivity index is 1.37. The van der Waals surface area contributed by atoms with Gasteiger partial charge in [0.25, 0.3) is 11.8 Å². The highest BCUT2D eigenvalue weighted by Crippen LogP contribution is 2.29. The first kappa shape index (κ1) is 24.4. The van der Waals surface area contributed by atoms with E-state index in [-0.39, 0.29) is 31.2 Å². The molecule has 1 saturated heterocycles. The summed E-state index contributed by atoms with van der Waals surface area (Å²) in [6, 6.07) is 25.4. The van der Waals surface area contributed by atoms with Crippen LogP contribution in [0.15, 0.2) is 84.9 Å². The lowest BCUT2D eigenvalue weighted by molar-refractivity contribution is -0.133. The molecule has 4 rings (SSSR count). The molecule has 0 spiro atoms. The smallest absolute Gasteiger partial charge is 0.276 e. The van der Waals surface area contributed by atoms with Gasteiger partial charge in [0.15, 0.2) is 16.4 Å². The highest BCUT2D eigenvalue weighted by Gasteiger charge is 2.32. The molecule has 0 bridgehead atoms. The SMILES string of the molecule is O=C(COc1ccccc1-c1ccccc1)NNC(=O)C(c1ccccc1)N1CCS(=O)(=O)CC1. The number of ether oxygens (including phenoxy) is 1. The summed E-state index contributed by atoms with van der Waals surface area (Å²) in [7, 11) is -3.10. The van der Waals surface area contributed by atoms with Crippen molar-refractivity contribution in [3.8, 4) is 16.9 Å². The number of nitrogens with one attached hydrogen (secondary N) is 2. The molecule has 3 aromatic carbocycles. The summed E-state index contributed by atoms with van der Waals surface area (Å²) in [5.41, 5.74) is 7.42.